The zero-order valence-electron chi connectivity index (χ0n) is 14.3. The van der Waals surface area contributed by atoms with Gasteiger partial charge in [-0.1, -0.05) is 44.4 Å². The summed E-state index contributed by atoms with van der Waals surface area (Å²) in [4.78, 5) is 2.65. The van der Waals surface area contributed by atoms with E-state index in [4.69, 9.17) is 0 Å². The first kappa shape index (κ1) is 18.3. The lowest BCUT2D eigenvalue weighted by atomic mass is 9.91. The molecular weight excluding hydrogens is 306 g/mol. The third-order valence-electron chi connectivity index (χ3n) is 5.11. The summed E-state index contributed by atoms with van der Waals surface area (Å²) >= 11 is 0. The van der Waals surface area contributed by atoms with Crippen LogP contribution in [0.4, 0.5) is 0 Å². The highest BCUT2D eigenvalue weighted by atomic mass is 35.5. The molecule has 23 heavy (non-hydrogen) atoms. The summed E-state index contributed by atoms with van der Waals surface area (Å²) in [7, 11) is 0. The predicted molar refractivity (Wildman–Crippen MR) is 100 cm³/mol. The van der Waals surface area contributed by atoms with Crippen LogP contribution in [-0.2, 0) is 6.42 Å². The number of rotatable bonds is 7. The summed E-state index contributed by atoms with van der Waals surface area (Å²) in [6.45, 7) is 6.14. The van der Waals surface area contributed by atoms with Crippen molar-refractivity contribution in [3.8, 4) is 0 Å². The topological polar surface area (TPSA) is 31.9 Å². The maximum absolute atomic E-state index is 4.38. The Labute approximate surface area is 146 Å². The third-order valence-corrected chi connectivity index (χ3v) is 5.11. The van der Waals surface area contributed by atoms with Gasteiger partial charge in [-0.25, -0.2) is 0 Å². The van der Waals surface area contributed by atoms with E-state index in [1.165, 1.54) is 69.2 Å². The molecule has 128 valence electrons. The second kappa shape index (κ2) is 9.29. The van der Waals surface area contributed by atoms with Gasteiger partial charge in [0.25, 0.3) is 0 Å². The zero-order chi connectivity index (χ0) is 15.2. The van der Waals surface area contributed by atoms with Crippen LogP contribution in [0.25, 0.3) is 10.9 Å². The van der Waals surface area contributed by atoms with Crippen LogP contribution in [0.3, 0.4) is 0 Å². The first-order valence-corrected chi connectivity index (χ1v) is 9.01. The molecule has 3 rings (SSSR count). The van der Waals surface area contributed by atoms with Crippen molar-refractivity contribution < 1.29 is 0 Å². The van der Waals surface area contributed by atoms with Gasteiger partial charge < -0.3 is 4.90 Å². The molecule has 1 aromatic carbocycles. The van der Waals surface area contributed by atoms with Crippen molar-refractivity contribution in [2.24, 2.45) is 5.92 Å². The van der Waals surface area contributed by atoms with Crippen LogP contribution in [0.5, 0.6) is 0 Å². The van der Waals surface area contributed by atoms with E-state index in [-0.39, 0.29) is 12.4 Å². The van der Waals surface area contributed by atoms with E-state index in [1.54, 1.807) is 0 Å². The Hall–Kier alpha value is -1.06. The maximum atomic E-state index is 4.38. The smallest absolute Gasteiger partial charge is 0.0923 e. The highest BCUT2D eigenvalue weighted by Crippen LogP contribution is 2.23. The largest absolute Gasteiger partial charge is 0.303 e. The molecule has 1 saturated heterocycles. The van der Waals surface area contributed by atoms with Crippen LogP contribution in [-0.4, -0.2) is 34.7 Å². The fraction of sp³-hybridized carbons (Fsp3) is 0.632. The number of H-pyrrole nitrogens is 1. The molecule has 0 unspecified atom stereocenters. The fourth-order valence-electron chi connectivity index (χ4n) is 3.68. The van der Waals surface area contributed by atoms with Gasteiger partial charge in [0.1, 0.15) is 0 Å². The lowest BCUT2D eigenvalue weighted by Crippen LogP contribution is -2.34. The Morgan fingerprint density at radius 2 is 1.96 bits per heavy atom. The van der Waals surface area contributed by atoms with Gasteiger partial charge in [0.05, 0.1) is 5.52 Å². The van der Waals surface area contributed by atoms with Gasteiger partial charge in [0.15, 0.2) is 0 Å². The standard InChI is InChI=1S/C19H29N3.ClH/c1-2-3-7-16-11-14-22(15-12-16)13-6-10-19-17-8-4-5-9-18(17)20-21-19;/h4-5,8-9,16H,2-3,6-7,10-15H2,1H3,(H,20,21);1H. The number of aromatic amines is 1. The Morgan fingerprint density at radius 1 is 1.17 bits per heavy atom. The van der Waals surface area contributed by atoms with Crippen LogP contribution in [0.1, 0.15) is 51.1 Å². The number of benzene rings is 1. The predicted octanol–water partition coefficient (Wildman–Crippen LogP) is 4.82. The van der Waals surface area contributed by atoms with Gasteiger partial charge in [-0.2, -0.15) is 5.10 Å². The van der Waals surface area contributed by atoms with Gasteiger partial charge in [-0.15, -0.1) is 12.4 Å². The van der Waals surface area contributed by atoms with Crippen LogP contribution >= 0.6 is 12.4 Å². The first-order valence-electron chi connectivity index (χ1n) is 9.01. The molecule has 1 aliphatic heterocycles. The minimum Gasteiger partial charge on any atom is -0.303 e. The minimum absolute atomic E-state index is 0. The first-order chi connectivity index (χ1) is 10.9. The number of fused-ring (bicyclic) bond motifs is 1. The summed E-state index contributed by atoms with van der Waals surface area (Å²) in [5, 5.41) is 8.89. The Bertz CT molecular complexity index is 573. The number of aromatic nitrogens is 2. The molecule has 0 aliphatic carbocycles. The summed E-state index contributed by atoms with van der Waals surface area (Å²) in [5.41, 5.74) is 2.39. The number of hydrogen-bond acceptors (Lipinski definition) is 2. The van der Waals surface area contributed by atoms with Crippen molar-refractivity contribution in [1.29, 1.82) is 0 Å². The molecular formula is C19H30ClN3. The fourth-order valence-corrected chi connectivity index (χ4v) is 3.68. The summed E-state index contributed by atoms with van der Waals surface area (Å²) in [6.07, 6.45) is 9.36. The van der Waals surface area contributed by atoms with Crippen molar-refractivity contribution >= 4 is 23.3 Å². The molecule has 0 bridgehead atoms. The van der Waals surface area contributed by atoms with Crippen molar-refractivity contribution in [1.82, 2.24) is 15.1 Å². The lowest BCUT2D eigenvalue weighted by Gasteiger charge is -2.31. The molecule has 1 aliphatic rings. The average molecular weight is 336 g/mol. The number of hydrogen-bond donors (Lipinski definition) is 1. The molecule has 0 spiro atoms. The van der Waals surface area contributed by atoms with E-state index < -0.39 is 0 Å². The zero-order valence-corrected chi connectivity index (χ0v) is 15.1. The van der Waals surface area contributed by atoms with E-state index in [0.29, 0.717) is 0 Å². The summed E-state index contributed by atoms with van der Waals surface area (Å²) in [6, 6.07) is 8.40. The number of likely N-dealkylation sites (tertiary alicyclic amines) is 1. The van der Waals surface area contributed by atoms with Gasteiger partial charge >= 0.3 is 0 Å². The van der Waals surface area contributed by atoms with E-state index in [1.807, 2.05) is 0 Å². The van der Waals surface area contributed by atoms with E-state index in [0.717, 1.165) is 17.9 Å². The third kappa shape index (κ3) is 4.95. The van der Waals surface area contributed by atoms with E-state index in [2.05, 4.69) is 46.3 Å². The van der Waals surface area contributed by atoms with Crippen molar-refractivity contribution in [3.05, 3.63) is 30.0 Å². The number of unbranched alkanes of at least 4 members (excludes halogenated alkanes) is 1. The molecule has 0 atom stereocenters. The van der Waals surface area contributed by atoms with Crippen LogP contribution in [0.15, 0.2) is 24.3 Å². The Balaban J connectivity index is 0.00000192. The van der Waals surface area contributed by atoms with Gasteiger partial charge in [-0.05, 0) is 57.3 Å². The number of nitrogens with zero attached hydrogens (tertiary/aromatic N) is 2. The molecule has 3 nitrogen and oxygen atoms in total. The van der Waals surface area contributed by atoms with Gasteiger partial charge in [-0.3, -0.25) is 5.10 Å². The highest BCUT2D eigenvalue weighted by molar-refractivity contribution is 5.85. The van der Waals surface area contributed by atoms with Gasteiger partial charge in [0, 0.05) is 11.1 Å². The molecule has 2 aromatic rings. The SMILES string of the molecule is CCCCC1CCN(CCCc2[nH]nc3ccccc23)CC1.Cl. The molecule has 1 fully saturated rings. The van der Waals surface area contributed by atoms with Crippen LogP contribution in [0.2, 0.25) is 0 Å². The van der Waals surface area contributed by atoms with Crippen molar-refractivity contribution in [2.75, 3.05) is 19.6 Å². The molecule has 0 amide bonds. The molecule has 2 heterocycles. The summed E-state index contributed by atoms with van der Waals surface area (Å²) in [5.74, 6) is 0.993. The highest BCUT2D eigenvalue weighted by Gasteiger charge is 2.18. The van der Waals surface area contributed by atoms with Crippen LogP contribution in [0, 0.1) is 5.92 Å². The number of aryl methyl sites for hydroxylation is 1. The van der Waals surface area contributed by atoms with E-state index >= 15 is 0 Å². The second-order valence-corrected chi connectivity index (χ2v) is 6.75. The molecule has 0 radical (unpaired) electrons. The molecule has 1 N–H and O–H groups in total. The number of piperidine rings is 1. The lowest BCUT2D eigenvalue weighted by molar-refractivity contribution is 0.176. The van der Waals surface area contributed by atoms with E-state index in [9.17, 15) is 0 Å². The molecule has 0 saturated carbocycles. The van der Waals surface area contributed by atoms with Gasteiger partial charge in [0.2, 0.25) is 0 Å². The number of para-hydroxylation sites is 1. The van der Waals surface area contributed by atoms with Crippen molar-refractivity contribution in [2.45, 2.75) is 51.9 Å². The second-order valence-electron chi connectivity index (χ2n) is 6.75. The number of nitrogens with one attached hydrogen (secondary N) is 1. The van der Waals surface area contributed by atoms with Crippen LogP contribution < -0.4 is 0 Å². The molecule has 1 aromatic heterocycles. The average Bonchev–Trinajstić information content (AvgIpc) is 2.98. The number of halogens is 1. The normalized spacial score (nSPS) is 16.6. The maximum Gasteiger partial charge on any atom is 0.0923 e. The van der Waals surface area contributed by atoms with Crippen molar-refractivity contribution in [3.63, 3.8) is 0 Å². The molecule has 4 heteroatoms. The Kier molecular flexibility index (Phi) is 7.38. The monoisotopic (exact) mass is 335 g/mol. The Morgan fingerprint density at radius 3 is 2.74 bits per heavy atom. The quantitative estimate of drug-likeness (QED) is 0.786. The minimum atomic E-state index is 0. The summed E-state index contributed by atoms with van der Waals surface area (Å²) < 4.78 is 0.